The number of rotatable bonds is 3. The molecule has 25 heavy (non-hydrogen) atoms. The minimum Gasteiger partial charge on any atom is -0.343 e. The van der Waals surface area contributed by atoms with Crippen molar-refractivity contribution in [3.63, 3.8) is 0 Å². The standard InChI is InChI=1S/C19H25N3O3/c1-19(2,3)18(23)16-12-21(13-7-9-20(4)10-8-13)17-11-14(22(24)25)5-6-15(16)17/h5-6,11-13H,7-10H2,1-4H3. The predicted molar refractivity (Wildman–Crippen MR) is 98.1 cm³/mol. The Hall–Kier alpha value is -2.21. The Morgan fingerprint density at radius 1 is 1.24 bits per heavy atom. The van der Waals surface area contributed by atoms with Crippen molar-refractivity contribution in [2.45, 2.75) is 39.7 Å². The summed E-state index contributed by atoms with van der Waals surface area (Å²) in [6.45, 7) is 7.68. The van der Waals surface area contributed by atoms with E-state index in [0.29, 0.717) is 5.56 Å². The number of carbonyl (C=O) groups is 1. The molecule has 0 atom stereocenters. The molecule has 1 aromatic heterocycles. The summed E-state index contributed by atoms with van der Waals surface area (Å²) in [4.78, 5) is 26.0. The number of ketones is 1. The fraction of sp³-hybridized carbons (Fsp3) is 0.526. The summed E-state index contributed by atoms with van der Waals surface area (Å²) in [7, 11) is 2.10. The number of non-ortho nitro benzene ring substituents is 1. The number of piperidine rings is 1. The Labute approximate surface area is 147 Å². The van der Waals surface area contributed by atoms with Gasteiger partial charge in [-0.2, -0.15) is 0 Å². The third-order valence-electron chi connectivity index (χ3n) is 5.04. The molecule has 0 spiro atoms. The lowest BCUT2D eigenvalue weighted by Crippen LogP contribution is -2.31. The topological polar surface area (TPSA) is 68.4 Å². The van der Waals surface area contributed by atoms with Gasteiger partial charge in [0.05, 0.1) is 10.4 Å². The van der Waals surface area contributed by atoms with Crippen LogP contribution in [0.4, 0.5) is 5.69 Å². The van der Waals surface area contributed by atoms with Crippen molar-refractivity contribution in [3.05, 3.63) is 40.1 Å². The quantitative estimate of drug-likeness (QED) is 0.479. The number of nitro groups is 1. The molecular weight excluding hydrogens is 318 g/mol. The first-order chi connectivity index (χ1) is 11.7. The number of hydrogen-bond donors (Lipinski definition) is 0. The maximum Gasteiger partial charge on any atom is 0.271 e. The Morgan fingerprint density at radius 3 is 2.44 bits per heavy atom. The largest absolute Gasteiger partial charge is 0.343 e. The van der Waals surface area contributed by atoms with E-state index in [1.807, 2.05) is 27.0 Å². The van der Waals surface area contributed by atoms with Gasteiger partial charge in [0.25, 0.3) is 5.69 Å². The van der Waals surface area contributed by atoms with E-state index in [2.05, 4.69) is 16.5 Å². The van der Waals surface area contributed by atoms with Gasteiger partial charge in [0.15, 0.2) is 5.78 Å². The molecule has 0 saturated carbocycles. The van der Waals surface area contributed by atoms with Crippen LogP contribution in [-0.4, -0.2) is 40.3 Å². The monoisotopic (exact) mass is 343 g/mol. The van der Waals surface area contributed by atoms with Crippen molar-refractivity contribution in [3.8, 4) is 0 Å². The van der Waals surface area contributed by atoms with Crippen molar-refractivity contribution in [2.75, 3.05) is 20.1 Å². The van der Waals surface area contributed by atoms with E-state index < -0.39 is 5.41 Å². The first-order valence-electron chi connectivity index (χ1n) is 8.71. The highest BCUT2D eigenvalue weighted by Gasteiger charge is 2.29. The third-order valence-corrected chi connectivity index (χ3v) is 5.04. The van der Waals surface area contributed by atoms with Crippen molar-refractivity contribution in [2.24, 2.45) is 5.41 Å². The first-order valence-corrected chi connectivity index (χ1v) is 8.71. The van der Waals surface area contributed by atoms with Gasteiger partial charge in [-0.1, -0.05) is 20.8 Å². The molecule has 0 amide bonds. The van der Waals surface area contributed by atoms with Crippen LogP contribution in [0, 0.1) is 15.5 Å². The number of benzene rings is 1. The van der Waals surface area contributed by atoms with E-state index in [4.69, 9.17) is 0 Å². The molecule has 0 aliphatic carbocycles. The van der Waals surface area contributed by atoms with Gasteiger partial charge in [-0.3, -0.25) is 14.9 Å². The minimum atomic E-state index is -0.492. The molecule has 3 rings (SSSR count). The second-order valence-electron chi connectivity index (χ2n) is 8.02. The van der Waals surface area contributed by atoms with Crippen LogP contribution in [-0.2, 0) is 0 Å². The van der Waals surface area contributed by atoms with Crippen LogP contribution in [0.2, 0.25) is 0 Å². The van der Waals surface area contributed by atoms with Crippen LogP contribution >= 0.6 is 0 Å². The average molecular weight is 343 g/mol. The van der Waals surface area contributed by atoms with E-state index in [1.165, 1.54) is 6.07 Å². The highest BCUT2D eigenvalue weighted by Crippen LogP contribution is 2.34. The molecule has 0 N–H and O–H groups in total. The lowest BCUT2D eigenvalue weighted by molar-refractivity contribution is -0.384. The number of likely N-dealkylation sites (tertiary alicyclic amines) is 1. The van der Waals surface area contributed by atoms with Crippen molar-refractivity contribution >= 4 is 22.4 Å². The van der Waals surface area contributed by atoms with Crippen molar-refractivity contribution < 1.29 is 9.72 Å². The zero-order chi connectivity index (χ0) is 18.4. The van der Waals surface area contributed by atoms with E-state index in [0.717, 1.165) is 36.8 Å². The molecular formula is C19H25N3O3. The number of Topliss-reactive ketones (excluding diaryl/α,β-unsaturated/α-hetero) is 1. The Bertz CT molecular complexity index is 824. The molecule has 1 aliphatic rings. The summed E-state index contributed by atoms with van der Waals surface area (Å²) in [6, 6.07) is 5.08. The fourth-order valence-electron chi connectivity index (χ4n) is 3.51. The van der Waals surface area contributed by atoms with Gasteiger partial charge in [-0.05, 0) is 39.0 Å². The zero-order valence-corrected chi connectivity index (χ0v) is 15.3. The molecule has 134 valence electrons. The smallest absolute Gasteiger partial charge is 0.271 e. The van der Waals surface area contributed by atoms with Crippen LogP contribution < -0.4 is 0 Å². The molecule has 6 nitrogen and oxygen atoms in total. The molecule has 1 saturated heterocycles. The number of fused-ring (bicyclic) bond motifs is 1. The van der Waals surface area contributed by atoms with Gasteiger partial charge >= 0.3 is 0 Å². The maximum absolute atomic E-state index is 12.9. The second kappa shape index (κ2) is 6.26. The molecule has 1 fully saturated rings. The third kappa shape index (κ3) is 3.31. The van der Waals surface area contributed by atoms with Gasteiger partial charge in [0.1, 0.15) is 0 Å². The SMILES string of the molecule is CN1CCC(n2cc(C(=O)C(C)(C)C)c3ccc([N+](=O)[O-])cc32)CC1. The fourth-order valence-corrected chi connectivity index (χ4v) is 3.51. The van der Waals surface area contributed by atoms with Gasteiger partial charge < -0.3 is 9.47 Å². The predicted octanol–water partition coefficient (Wildman–Crippen LogP) is 4.05. The highest BCUT2D eigenvalue weighted by atomic mass is 16.6. The summed E-state index contributed by atoms with van der Waals surface area (Å²) in [5, 5.41) is 12.0. The van der Waals surface area contributed by atoms with Crippen LogP contribution in [0.1, 0.15) is 50.0 Å². The van der Waals surface area contributed by atoms with Crippen LogP contribution in [0.25, 0.3) is 10.9 Å². The van der Waals surface area contributed by atoms with E-state index in [9.17, 15) is 14.9 Å². The summed E-state index contributed by atoms with van der Waals surface area (Å²) in [6.07, 6.45) is 3.87. The van der Waals surface area contributed by atoms with Gasteiger partial charge in [0, 0.05) is 40.7 Å². The van der Waals surface area contributed by atoms with Gasteiger partial charge in [-0.15, -0.1) is 0 Å². The van der Waals surface area contributed by atoms with Crippen LogP contribution in [0.15, 0.2) is 24.4 Å². The lowest BCUT2D eigenvalue weighted by atomic mass is 9.86. The molecule has 0 radical (unpaired) electrons. The number of hydrogen-bond acceptors (Lipinski definition) is 4. The highest BCUT2D eigenvalue weighted by molar-refractivity contribution is 6.10. The molecule has 0 bridgehead atoms. The van der Waals surface area contributed by atoms with Crippen molar-refractivity contribution in [1.82, 2.24) is 9.47 Å². The number of nitro benzene ring substituents is 1. The number of carbonyl (C=O) groups excluding carboxylic acids is 1. The minimum absolute atomic E-state index is 0.0644. The molecule has 1 aliphatic heterocycles. The summed E-state index contributed by atoms with van der Waals surface area (Å²) in [5.74, 6) is 0.0676. The van der Waals surface area contributed by atoms with Crippen LogP contribution in [0.3, 0.4) is 0 Å². The van der Waals surface area contributed by atoms with E-state index in [-0.39, 0.29) is 22.4 Å². The Balaban J connectivity index is 2.15. The zero-order valence-electron chi connectivity index (χ0n) is 15.3. The molecule has 2 heterocycles. The number of aromatic nitrogens is 1. The van der Waals surface area contributed by atoms with Crippen molar-refractivity contribution in [1.29, 1.82) is 0 Å². The van der Waals surface area contributed by atoms with Gasteiger partial charge in [0.2, 0.25) is 0 Å². The molecule has 6 heteroatoms. The van der Waals surface area contributed by atoms with E-state index >= 15 is 0 Å². The normalized spacial score (nSPS) is 17.1. The molecule has 2 aromatic rings. The summed E-state index contributed by atoms with van der Waals surface area (Å²) < 4.78 is 2.09. The van der Waals surface area contributed by atoms with E-state index in [1.54, 1.807) is 12.1 Å². The lowest BCUT2D eigenvalue weighted by Gasteiger charge is -2.30. The molecule has 0 unspecified atom stereocenters. The summed E-state index contributed by atoms with van der Waals surface area (Å²) in [5.41, 5.74) is 1.02. The average Bonchev–Trinajstić information content (AvgIpc) is 2.92. The van der Waals surface area contributed by atoms with Crippen LogP contribution in [0.5, 0.6) is 0 Å². The molecule has 1 aromatic carbocycles. The maximum atomic E-state index is 12.9. The Morgan fingerprint density at radius 2 is 1.88 bits per heavy atom. The first kappa shape index (κ1) is 17.6. The number of nitrogens with zero attached hydrogens (tertiary/aromatic N) is 3. The van der Waals surface area contributed by atoms with Gasteiger partial charge in [-0.25, -0.2) is 0 Å². The second-order valence-corrected chi connectivity index (χ2v) is 8.02. The Kier molecular flexibility index (Phi) is 4.41. The summed E-state index contributed by atoms with van der Waals surface area (Å²) >= 11 is 0.